The van der Waals surface area contributed by atoms with E-state index in [9.17, 15) is 14.4 Å². The first-order valence-corrected chi connectivity index (χ1v) is 8.62. The largest absolute Gasteiger partial charge is 0.419 e. The Labute approximate surface area is 151 Å². The molecule has 1 saturated heterocycles. The van der Waals surface area contributed by atoms with Crippen LogP contribution in [0.5, 0.6) is 0 Å². The third-order valence-corrected chi connectivity index (χ3v) is 4.38. The Morgan fingerprint density at radius 1 is 1.08 bits per heavy atom. The highest BCUT2D eigenvalue weighted by atomic mass is 16.4. The first-order chi connectivity index (χ1) is 12.2. The van der Waals surface area contributed by atoms with E-state index in [1.807, 2.05) is 20.8 Å². The molecule has 1 aliphatic heterocycles. The van der Waals surface area contributed by atoms with Crippen molar-refractivity contribution < 1.29 is 14.0 Å². The van der Waals surface area contributed by atoms with Crippen molar-refractivity contribution in [1.29, 1.82) is 0 Å². The van der Waals surface area contributed by atoms with Crippen LogP contribution >= 0.6 is 0 Å². The Bertz CT molecular complexity index is 898. The number of nitrogens with zero attached hydrogens (tertiary/aromatic N) is 3. The molecule has 0 saturated carbocycles. The van der Waals surface area contributed by atoms with Gasteiger partial charge in [0.05, 0.1) is 5.52 Å². The van der Waals surface area contributed by atoms with Gasteiger partial charge in [-0.3, -0.25) is 9.36 Å². The predicted octanol–water partition coefficient (Wildman–Crippen LogP) is 1.40. The number of piperazine rings is 1. The Morgan fingerprint density at radius 3 is 2.31 bits per heavy atom. The van der Waals surface area contributed by atoms with Gasteiger partial charge in [-0.15, -0.1) is 0 Å². The fourth-order valence-corrected chi connectivity index (χ4v) is 2.96. The number of urea groups is 1. The summed E-state index contributed by atoms with van der Waals surface area (Å²) in [6, 6.07) is 4.88. The minimum Gasteiger partial charge on any atom is -0.408 e. The minimum absolute atomic E-state index is 0.114. The van der Waals surface area contributed by atoms with Crippen molar-refractivity contribution in [2.45, 2.75) is 26.3 Å². The summed E-state index contributed by atoms with van der Waals surface area (Å²) in [6.45, 7) is 7.70. The maximum Gasteiger partial charge on any atom is 0.419 e. The van der Waals surface area contributed by atoms with E-state index in [-0.39, 0.29) is 17.5 Å². The summed E-state index contributed by atoms with van der Waals surface area (Å²) in [5.41, 5.74) is 1.22. The normalized spacial score (nSPS) is 15.4. The van der Waals surface area contributed by atoms with Gasteiger partial charge in [0.1, 0.15) is 0 Å². The van der Waals surface area contributed by atoms with Crippen LogP contribution < -0.4 is 11.1 Å². The molecule has 1 fully saturated rings. The molecule has 140 valence electrons. The van der Waals surface area contributed by atoms with E-state index in [0.717, 1.165) is 0 Å². The third-order valence-electron chi connectivity index (χ3n) is 4.38. The summed E-state index contributed by atoms with van der Waals surface area (Å²) in [5, 5.41) is 2.93. The zero-order valence-corrected chi connectivity index (χ0v) is 15.5. The van der Waals surface area contributed by atoms with Gasteiger partial charge in [0.25, 0.3) is 5.91 Å². The van der Waals surface area contributed by atoms with E-state index in [0.29, 0.717) is 42.8 Å². The number of aryl methyl sites for hydroxylation is 1. The van der Waals surface area contributed by atoms with Gasteiger partial charge in [-0.2, -0.15) is 0 Å². The van der Waals surface area contributed by atoms with Crippen LogP contribution in [0.4, 0.5) is 4.79 Å². The molecule has 0 spiro atoms. The topological polar surface area (TPSA) is 87.8 Å². The van der Waals surface area contributed by atoms with Crippen molar-refractivity contribution in [2.24, 2.45) is 7.05 Å². The predicted molar refractivity (Wildman–Crippen MR) is 97.2 cm³/mol. The standard InChI is InChI=1S/C18H24N4O4/c1-18(2,3)19-16(24)22-9-7-21(8-10-22)15(23)12-5-6-13-14(11-12)26-17(25)20(13)4/h5-6,11H,7-10H2,1-4H3,(H,19,24). The summed E-state index contributed by atoms with van der Waals surface area (Å²) in [4.78, 5) is 39.9. The number of aromatic nitrogens is 1. The second-order valence-electron chi connectivity index (χ2n) is 7.57. The molecule has 1 N–H and O–H groups in total. The van der Waals surface area contributed by atoms with Crippen LogP contribution in [-0.4, -0.2) is 58.0 Å². The molecule has 8 heteroatoms. The Hall–Kier alpha value is -2.77. The molecule has 8 nitrogen and oxygen atoms in total. The average Bonchev–Trinajstić information content (AvgIpc) is 2.86. The molecule has 0 bridgehead atoms. The van der Waals surface area contributed by atoms with Crippen molar-refractivity contribution in [3.8, 4) is 0 Å². The molecular formula is C18H24N4O4. The molecule has 2 aromatic rings. The van der Waals surface area contributed by atoms with E-state index < -0.39 is 5.76 Å². The quantitative estimate of drug-likeness (QED) is 0.833. The summed E-state index contributed by atoms with van der Waals surface area (Å²) in [7, 11) is 1.62. The number of hydrogen-bond acceptors (Lipinski definition) is 4. The van der Waals surface area contributed by atoms with Crippen LogP contribution in [0.15, 0.2) is 27.4 Å². The number of rotatable bonds is 1. The highest BCUT2D eigenvalue weighted by Crippen LogP contribution is 2.17. The van der Waals surface area contributed by atoms with E-state index >= 15 is 0 Å². The molecule has 1 aromatic carbocycles. The number of hydrogen-bond donors (Lipinski definition) is 1. The maximum atomic E-state index is 12.7. The lowest BCUT2D eigenvalue weighted by molar-refractivity contribution is 0.0661. The highest BCUT2D eigenvalue weighted by Gasteiger charge is 2.27. The summed E-state index contributed by atoms with van der Waals surface area (Å²) in [5.74, 6) is -0.586. The Morgan fingerprint density at radius 2 is 1.69 bits per heavy atom. The Balaban J connectivity index is 1.67. The fraction of sp³-hybridized carbons (Fsp3) is 0.500. The molecule has 0 radical (unpaired) electrons. The number of fused-ring (bicyclic) bond motifs is 1. The van der Waals surface area contributed by atoms with Gasteiger partial charge in [0.2, 0.25) is 0 Å². The number of carbonyl (C=O) groups is 2. The zero-order valence-electron chi connectivity index (χ0n) is 15.5. The lowest BCUT2D eigenvalue weighted by atomic mass is 10.1. The van der Waals surface area contributed by atoms with Crippen molar-refractivity contribution >= 4 is 23.0 Å². The lowest BCUT2D eigenvalue weighted by Crippen LogP contribution is -2.56. The minimum atomic E-state index is -0.455. The zero-order chi connectivity index (χ0) is 19.1. The molecule has 26 heavy (non-hydrogen) atoms. The first-order valence-electron chi connectivity index (χ1n) is 8.62. The van der Waals surface area contributed by atoms with E-state index in [1.165, 1.54) is 4.57 Å². The van der Waals surface area contributed by atoms with E-state index in [1.54, 1.807) is 35.0 Å². The number of benzene rings is 1. The lowest BCUT2D eigenvalue weighted by Gasteiger charge is -2.36. The van der Waals surface area contributed by atoms with Gasteiger partial charge in [-0.05, 0) is 39.0 Å². The van der Waals surface area contributed by atoms with Crippen molar-refractivity contribution in [3.63, 3.8) is 0 Å². The number of oxazole rings is 1. The van der Waals surface area contributed by atoms with Gasteiger partial charge in [-0.25, -0.2) is 9.59 Å². The highest BCUT2D eigenvalue weighted by molar-refractivity contribution is 5.97. The van der Waals surface area contributed by atoms with Crippen molar-refractivity contribution in [1.82, 2.24) is 19.7 Å². The molecule has 0 aliphatic carbocycles. The molecular weight excluding hydrogens is 336 g/mol. The van der Waals surface area contributed by atoms with Gasteiger partial charge >= 0.3 is 11.8 Å². The smallest absolute Gasteiger partial charge is 0.408 e. The second kappa shape index (κ2) is 6.51. The molecule has 1 aliphatic rings. The molecule has 3 amide bonds. The van der Waals surface area contributed by atoms with Gasteiger partial charge in [-0.1, -0.05) is 0 Å². The van der Waals surface area contributed by atoms with Gasteiger partial charge in [0.15, 0.2) is 5.58 Å². The average molecular weight is 360 g/mol. The number of amides is 3. The van der Waals surface area contributed by atoms with E-state index in [2.05, 4.69) is 5.32 Å². The van der Waals surface area contributed by atoms with Gasteiger partial charge < -0.3 is 19.5 Å². The van der Waals surface area contributed by atoms with Crippen LogP contribution in [0.3, 0.4) is 0 Å². The summed E-state index contributed by atoms with van der Waals surface area (Å²) < 4.78 is 6.55. The molecule has 1 aromatic heterocycles. The van der Waals surface area contributed by atoms with Crippen molar-refractivity contribution in [3.05, 3.63) is 34.3 Å². The Kier molecular flexibility index (Phi) is 4.52. The first kappa shape index (κ1) is 18.0. The number of carbonyl (C=O) groups excluding carboxylic acids is 2. The summed E-state index contributed by atoms with van der Waals surface area (Å²) in [6.07, 6.45) is 0. The second-order valence-corrected chi connectivity index (χ2v) is 7.57. The molecule has 0 atom stereocenters. The fourth-order valence-electron chi connectivity index (χ4n) is 2.96. The van der Waals surface area contributed by atoms with Crippen LogP contribution in [0.25, 0.3) is 11.1 Å². The molecule has 3 rings (SSSR count). The molecule has 0 unspecified atom stereocenters. The monoisotopic (exact) mass is 360 g/mol. The van der Waals surface area contributed by atoms with E-state index in [4.69, 9.17) is 4.42 Å². The summed E-state index contributed by atoms with van der Waals surface area (Å²) >= 11 is 0. The van der Waals surface area contributed by atoms with Crippen LogP contribution in [-0.2, 0) is 7.05 Å². The van der Waals surface area contributed by atoms with Crippen molar-refractivity contribution in [2.75, 3.05) is 26.2 Å². The number of nitrogens with one attached hydrogen (secondary N) is 1. The SMILES string of the molecule is Cn1c(=O)oc2cc(C(=O)N3CCN(C(=O)NC(C)(C)C)CC3)ccc21. The third kappa shape index (κ3) is 3.58. The molecule has 2 heterocycles. The van der Waals surface area contributed by atoms with Crippen LogP contribution in [0.1, 0.15) is 31.1 Å². The van der Waals surface area contributed by atoms with Gasteiger partial charge in [0, 0.05) is 44.3 Å². The van der Waals surface area contributed by atoms with Crippen LogP contribution in [0, 0.1) is 0 Å². The maximum absolute atomic E-state index is 12.7. The van der Waals surface area contributed by atoms with Crippen LogP contribution in [0.2, 0.25) is 0 Å².